The summed E-state index contributed by atoms with van der Waals surface area (Å²) in [6.07, 6.45) is 7.97. The molecule has 2 amide bonds. The molecule has 0 atom stereocenters. The Morgan fingerprint density at radius 1 is 1.19 bits per heavy atom. The molecule has 2 fully saturated rings. The number of anilines is 1. The van der Waals surface area contributed by atoms with E-state index in [1.807, 2.05) is 4.90 Å². The van der Waals surface area contributed by atoms with Gasteiger partial charge in [0.1, 0.15) is 0 Å². The third-order valence-electron chi connectivity index (χ3n) is 5.84. The lowest BCUT2D eigenvalue weighted by Gasteiger charge is -2.43. The highest BCUT2D eigenvalue weighted by molar-refractivity contribution is 8.01. The fourth-order valence-corrected chi connectivity index (χ4v) is 6.96. The number of nitrogens with zero attached hydrogens (tertiary/aromatic N) is 4. The molecule has 0 bridgehead atoms. The van der Waals surface area contributed by atoms with Gasteiger partial charge in [-0.25, -0.2) is 9.78 Å². The summed E-state index contributed by atoms with van der Waals surface area (Å²) < 4.78 is 28.3. The third-order valence-corrected chi connectivity index (χ3v) is 9.88. The molecule has 3 rings (SSSR count). The van der Waals surface area contributed by atoms with E-state index >= 15 is 0 Å². The van der Waals surface area contributed by atoms with Crippen molar-refractivity contribution in [3.63, 3.8) is 0 Å². The molecule has 0 spiro atoms. The van der Waals surface area contributed by atoms with E-state index in [4.69, 9.17) is 5.11 Å². The zero-order valence-electron chi connectivity index (χ0n) is 18.4. The summed E-state index contributed by atoms with van der Waals surface area (Å²) in [7, 11) is -0.400. The van der Waals surface area contributed by atoms with Crippen LogP contribution in [0.5, 0.6) is 0 Å². The summed E-state index contributed by atoms with van der Waals surface area (Å²) in [5.41, 5.74) is 0. The topological polar surface area (TPSA) is 123 Å². The van der Waals surface area contributed by atoms with Crippen LogP contribution in [0, 0.1) is 0 Å². The molecule has 1 saturated carbocycles. The van der Waals surface area contributed by atoms with E-state index in [0.717, 1.165) is 29.9 Å². The summed E-state index contributed by atoms with van der Waals surface area (Å²) in [5.74, 6) is -0.960. The van der Waals surface area contributed by atoms with Crippen LogP contribution in [0.2, 0.25) is 0 Å². The molecule has 1 aromatic rings. The predicted octanol–water partition coefficient (Wildman–Crippen LogP) is 2.76. The molecule has 1 saturated heterocycles. The Bertz CT molecular complexity index is 893. The van der Waals surface area contributed by atoms with Crippen LogP contribution >= 0.6 is 23.1 Å². The van der Waals surface area contributed by atoms with E-state index in [-0.39, 0.29) is 23.9 Å². The van der Waals surface area contributed by atoms with Crippen molar-refractivity contribution in [2.24, 2.45) is 0 Å². The van der Waals surface area contributed by atoms with Crippen molar-refractivity contribution in [3.05, 3.63) is 6.20 Å². The van der Waals surface area contributed by atoms with Crippen molar-refractivity contribution in [1.82, 2.24) is 18.5 Å². The van der Waals surface area contributed by atoms with Crippen molar-refractivity contribution in [2.75, 3.05) is 38.3 Å². The van der Waals surface area contributed by atoms with Gasteiger partial charge in [0, 0.05) is 39.3 Å². The monoisotopic (exact) mass is 505 g/mol. The molecule has 1 aliphatic carbocycles. The fraction of sp³-hybridized carbons (Fsp3) is 0.737. The molecule has 180 valence electrons. The second-order valence-corrected chi connectivity index (χ2v) is 12.7. The second kappa shape index (κ2) is 11.1. The highest BCUT2D eigenvalue weighted by Crippen LogP contribution is 2.31. The van der Waals surface area contributed by atoms with Crippen LogP contribution in [-0.2, 0) is 15.0 Å². The Hall–Kier alpha value is -1.41. The Kier molecular flexibility index (Phi) is 8.78. The number of aliphatic carboxylic acids is 1. The van der Waals surface area contributed by atoms with Gasteiger partial charge in [0.2, 0.25) is 0 Å². The molecule has 0 unspecified atom stereocenters. The molecule has 1 aliphatic heterocycles. The number of carboxylic acids is 1. The molecular weight excluding hydrogens is 474 g/mol. The standard InChI is InChI=1S/C19H31N5O5S3/c1-22(2)32(28,29)23-10-8-15(9-11-23)24(14-6-4-3-5-7-14)19(27)21-18-20-12-17(31-18)30-13-16(25)26/h12,14-15H,3-11,13H2,1-2H3,(H,25,26)(H,20,21,27). The predicted molar refractivity (Wildman–Crippen MR) is 125 cm³/mol. The van der Waals surface area contributed by atoms with Gasteiger partial charge in [-0.3, -0.25) is 10.1 Å². The van der Waals surface area contributed by atoms with Gasteiger partial charge in [0.15, 0.2) is 5.13 Å². The molecule has 2 aliphatic rings. The van der Waals surface area contributed by atoms with Crippen LogP contribution in [0.25, 0.3) is 0 Å². The van der Waals surface area contributed by atoms with Gasteiger partial charge in [-0.15, -0.1) is 11.8 Å². The van der Waals surface area contributed by atoms with Crippen molar-refractivity contribution in [2.45, 2.75) is 61.2 Å². The molecular formula is C19H31N5O5S3. The Morgan fingerprint density at radius 2 is 1.81 bits per heavy atom. The highest BCUT2D eigenvalue weighted by Gasteiger charge is 2.37. The zero-order valence-corrected chi connectivity index (χ0v) is 20.8. The number of urea groups is 1. The average Bonchev–Trinajstić information content (AvgIpc) is 3.20. The largest absolute Gasteiger partial charge is 0.481 e. The minimum absolute atomic E-state index is 0.0347. The third kappa shape index (κ3) is 6.34. The summed E-state index contributed by atoms with van der Waals surface area (Å²) in [6, 6.07) is -0.117. The number of thiazole rings is 1. The summed E-state index contributed by atoms with van der Waals surface area (Å²) in [6.45, 7) is 0.768. The van der Waals surface area contributed by atoms with Crippen LogP contribution in [0.3, 0.4) is 0 Å². The van der Waals surface area contributed by atoms with Crippen LogP contribution < -0.4 is 5.32 Å². The Labute approximate surface area is 197 Å². The molecule has 0 radical (unpaired) electrons. The molecule has 1 aromatic heterocycles. The minimum atomic E-state index is -3.46. The van der Waals surface area contributed by atoms with Crippen molar-refractivity contribution < 1.29 is 23.1 Å². The van der Waals surface area contributed by atoms with Gasteiger partial charge in [-0.2, -0.15) is 17.0 Å². The number of carbonyl (C=O) groups excluding carboxylic acids is 1. The van der Waals surface area contributed by atoms with Gasteiger partial charge in [-0.05, 0) is 25.7 Å². The van der Waals surface area contributed by atoms with Crippen molar-refractivity contribution >= 4 is 50.4 Å². The van der Waals surface area contributed by atoms with E-state index in [9.17, 15) is 18.0 Å². The SMILES string of the molecule is CN(C)S(=O)(=O)N1CCC(N(C(=O)Nc2ncc(SCC(=O)O)s2)C2CCCCC2)CC1. The summed E-state index contributed by atoms with van der Waals surface area (Å²) in [5, 5.41) is 12.2. The van der Waals surface area contributed by atoms with E-state index in [2.05, 4.69) is 10.3 Å². The number of piperidine rings is 1. The molecule has 10 nitrogen and oxygen atoms in total. The zero-order chi connectivity index (χ0) is 23.3. The lowest BCUT2D eigenvalue weighted by atomic mass is 9.91. The van der Waals surface area contributed by atoms with Crippen molar-refractivity contribution in [1.29, 1.82) is 0 Å². The fourth-order valence-electron chi connectivity index (χ4n) is 4.24. The number of thioether (sulfide) groups is 1. The highest BCUT2D eigenvalue weighted by atomic mass is 32.2. The summed E-state index contributed by atoms with van der Waals surface area (Å²) in [4.78, 5) is 30.2. The molecule has 2 N–H and O–H groups in total. The lowest BCUT2D eigenvalue weighted by Crippen LogP contribution is -2.55. The quantitative estimate of drug-likeness (QED) is 0.521. The molecule has 32 heavy (non-hydrogen) atoms. The molecule has 0 aromatic carbocycles. The maximum Gasteiger partial charge on any atom is 0.324 e. The first kappa shape index (κ1) is 25.2. The number of carboxylic acid groups (broad SMARTS) is 1. The number of rotatable bonds is 8. The molecule has 13 heteroatoms. The van der Waals surface area contributed by atoms with E-state index < -0.39 is 16.2 Å². The number of carbonyl (C=O) groups is 2. The first-order chi connectivity index (χ1) is 15.2. The number of amides is 2. The van der Waals surface area contributed by atoms with Gasteiger partial charge >= 0.3 is 12.0 Å². The van der Waals surface area contributed by atoms with Gasteiger partial charge < -0.3 is 10.0 Å². The normalized spacial score (nSPS) is 19.2. The van der Waals surface area contributed by atoms with Crippen LogP contribution in [0.15, 0.2) is 10.4 Å². The lowest BCUT2D eigenvalue weighted by molar-refractivity contribution is -0.133. The maximum absolute atomic E-state index is 13.3. The Balaban J connectivity index is 1.68. The van der Waals surface area contributed by atoms with E-state index in [0.29, 0.717) is 31.1 Å². The van der Waals surface area contributed by atoms with Crippen LogP contribution in [0.1, 0.15) is 44.9 Å². The van der Waals surface area contributed by atoms with Gasteiger partial charge in [0.25, 0.3) is 10.2 Å². The maximum atomic E-state index is 13.3. The second-order valence-electron chi connectivity index (χ2n) is 8.22. The summed E-state index contributed by atoms with van der Waals surface area (Å²) >= 11 is 2.43. The van der Waals surface area contributed by atoms with Crippen LogP contribution in [0.4, 0.5) is 9.93 Å². The van der Waals surface area contributed by atoms with E-state index in [1.54, 1.807) is 6.20 Å². The van der Waals surface area contributed by atoms with Crippen molar-refractivity contribution in [3.8, 4) is 0 Å². The smallest absolute Gasteiger partial charge is 0.324 e. The first-order valence-corrected chi connectivity index (χ1v) is 14.0. The number of hydrogen-bond donors (Lipinski definition) is 2. The van der Waals surface area contributed by atoms with Crippen LogP contribution in [-0.4, -0.2) is 89.0 Å². The first-order valence-electron chi connectivity index (χ1n) is 10.8. The number of hydrogen-bond acceptors (Lipinski definition) is 7. The van der Waals surface area contributed by atoms with E-state index in [1.165, 1.54) is 52.2 Å². The number of aromatic nitrogens is 1. The Morgan fingerprint density at radius 3 is 2.41 bits per heavy atom. The number of nitrogens with one attached hydrogen (secondary N) is 1. The minimum Gasteiger partial charge on any atom is -0.481 e. The van der Waals surface area contributed by atoms with Gasteiger partial charge in [0.05, 0.1) is 16.2 Å². The average molecular weight is 506 g/mol. The molecule has 2 heterocycles. The van der Waals surface area contributed by atoms with Gasteiger partial charge in [-0.1, -0.05) is 30.6 Å².